The van der Waals surface area contributed by atoms with Crippen LogP contribution in [-0.2, 0) is 0 Å². The van der Waals surface area contributed by atoms with Gasteiger partial charge in [0.15, 0.2) is 0 Å². The molecule has 0 unspecified atom stereocenters. The van der Waals surface area contributed by atoms with Crippen LogP contribution in [0.4, 0.5) is 17.1 Å². The Morgan fingerprint density at radius 2 is 2.05 bits per heavy atom. The number of rotatable bonds is 6. The first-order chi connectivity index (χ1) is 9.06. The molecule has 100 valence electrons. The molecule has 0 atom stereocenters. The van der Waals surface area contributed by atoms with Gasteiger partial charge < -0.3 is 0 Å². The van der Waals surface area contributed by atoms with E-state index in [2.05, 4.69) is 10.5 Å². The van der Waals surface area contributed by atoms with Crippen LogP contribution in [0.1, 0.15) is 13.3 Å². The van der Waals surface area contributed by atoms with E-state index in [9.17, 15) is 20.2 Å². The van der Waals surface area contributed by atoms with Gasteiger partial charge in [-0.3, -0.25) is 25.7 Å². The number of nitrogens with one attached hydrogen (secondary N) is 1. The highest BCUT2D eigenvalue weighted by Crippen LogP contribution is 2.28. The second kappa shape index (κ2) is 6.84. The highest BCUT2D eigenvalue weighted by molar-refractivity contribution is 5.67. The number of nitrogens with zero attached hydrogens (tertiary/aromatic N) is 3. The molecule has 0 aromatic heterocycles. The van der Waals surface area contributed by atoms with Crippen LogP contribution >= 0.6 is 0 Å². The average Bonchev–Trinajstić information content (AvgIpc) is 2.38. The molecule has 1 N–H and O–H groups in total. The molecule has 19 heavy (non-hydrogen) atoms. The number of anilines is 1. The standard InChI is InChI=1S/C11H12N4O4/c1-2-3-4-7-12-13-10-6-5-9(14(16)17)8-11(10)15(18)19/h2-3,5-8,13H,4H2,1H3/b3-2+,12-7+. The average molecular weight is 264 g/mol. The molecule has 0 aliphatic rings. The smallest absolute Gasteiger partial charge is 0.272 e. The first-order valence-corrected chi connectivity index (χ1v) is 5.37. The maximum absolute atomic E-state index is 10.8. The van der Waals surface area contributed by atoms with Crippen LogP contribution in [0.25, 0.3) is 0 Å². The van der Waals surface area contributed by atoms with Crippen molar-refractivity contribution in [1.82, 2.24) is 0 Å². The van der Waals surface area contributed by atoms with Crippen LogP contribution in [0.2, 0.25) is 0 Å². The first-order valence-electron chi connectivity index (χ1n) is 5.37. The molecule has 8 heteroatoms. The van der Waals surface area contributed by atoms with Gasteiger partial charge in [0.2, 0.25) is 0 Å². The number of nitro benzene ring substituents is 2. The van der Waals surface area contributed by atoms with Crippen LogP contribution in [-0.4, -0.2) is 16.1 Å². The Morgan fingerprint density at radius 1 is 1.32 bits per heavy atom. The number of hydrogen-bond donors (Lipinski definition) is 1. The Bertz CT molecular complexity index is 539. The van der Waals surface area contributed by atoms with Crippen LogP contribution < -0.4 is 5.43 Å². The zero-order valence-electron chi connectivity index (χ0n) is 10.1. The number of allylic oxidation sites excluding steroid dienone is 2. The van der Waals surface area contributed by atoms with E-state index < -0.39 is 15.5 Å². The molecule has 1 rings (SSSR count). The largest absolute Gasteiger partial charge is 0.301 e. The highest BCUT2D eigenvalue weighted by atomic mass is 16.6. The van der Waals surface area contributed by atoms with E-state index >= 15 is 0 Å². The third-order valence-corrected chi connectivity index (χ3v) is 2.14. The topological polar surface area (TPSA) is 111 Å². The molecule has 0 amide bonds. The fourth-order valence-electron chi connectivity index (χ4n) is 1.24. The van der Waals surface area contributed by atoms with Crippen LogP contribution in [0.5, 0.6) is 0 Å². The Labute approximate surface area is 108 Å². The van der Waals surface area contributed by atoms with E-state index in [4.69, 9.17) is 0 Å². The van der Waals surface area contributed by atoms with Crippen LogP contribution in [0.15, 0.2) is 35.5 Å². The maximum Gasteiger partial charge on any atom is 0.301 e. The minimum absolute atomic E-state index is 0.104. The van der Waals surface area contributed by atoms with E-state index in [0.29, 0.717) is 6.42 Å². The molecule has 0 radical (unpaired) electrons. The molecule has 8 nitrogen and oxygen atoms in total. The van der Waals surface area contributed by atoms with Gasteiger partial charge in [-0.1, -0.05) is 12.2 Å². The van der Waals surface area contributed by atoms with E-state index in [0.717, 1.165) is 6.07 Å². The summed E-state index contributed by atoms with van der Waals surface area (Å²) in [6, 6.07) is 3.32. The molecule has 0 saturated heterocycles. The molecule has 0 saturated carbocycles. The van der Waals surface area contributed by atoms with Gasteiger partial charge in [0.05, 0.1) is 15.9 Å². The Hall–Kier alpha value is -2.77. The van der Waals surface area contributed by atoms with Crippen molar-refractivity contribution in [3.63, 3.8) is 0 Å². The Kier molecular flexibility index (Phi) is 5.15. The fourth-order valence-corrected chi connectivity index (χ4v) is 1.24. The minimum Gasteiger partial charge on any atom is -0.272 e. The number of nitro groups is 2. The van der Waals surface area contributed by atoms with Crippen molar-refractivity contribution in [2.75, 3.05) is 5.43 Å². The van der Waals surface area contributed by atoms with Gasteiger partial charge in [0.1, 0.15) is 5.69 Å². The van der Waals surface area contributed by atoms with Gasteiger partial charge in [-0.05, 0) is 13.0 Å². The maximum atomic E-state index is 10.8. The SMILES string of the molecule is C/C=C/C/C=N/Nc1ccc([N+](=O)[O-])cc1[N+](=O)[O-]. The lowest BCUT2D eigenvalue weighted by molar-refractivity contribution is -0.393. The molecule has 0 spiro atoms. The summed E-state index contributed by atoms with van der Waals surface area (Å²) in [7, 11) is 0. The summed E-state index contributed by atoms with van der Waals surface area (Å²) >= 11 is 0. The van der Waals surface area contributed by atoms with E-state index in [1.807, 2.05) is 19.1 Å². The van der Waals surface area contributed by atoms with Crippen LogP contribution in [0.3, 0.4) is 0 Å². The van der Waals surface area contributed by atoms with E-state index in [-0.39, 0.29) is 11.4 Å². The summed E-state index contributed by atoms with van der Waals surface area (Å²) in [5.74, 6) is 0. The fraction of sp³-hybridized carbons (Fsp3) is 0.182. The summed E-state index contributed by atoms with van der Waals surface area (Å²) in [6.07, 6.45) is 5.82. The number of hydrogen-bond acceptors (Lipinski definition) is 6. The normalized spacial score (nSPS) is 11.0. The zero-order valence-corrected chi connectivity index (χ0v) is 10.1. The third-order valence-electron chi connectivity index (χ3n) is 2.14. The van der Waals surface area contributed by atoms with Crippen molar-refractivity contribution >= 4 is 23.3 Å². The molecule has 0 heterocycles. The quantitative estimate of drug-likeness (QED) is 0.367. The van der Waals surface area contributed by atoms with Gasteiger partial charge in [0.25, 0.3) is 5.69 Å². The summed E-state index contributed by atoms with van der Waals surface area (Å²) in [4.78, 5) is 20.0. The molecule has 0 fully saturated rings. The molecule has 0 aliphatic carbocycles. The summed E-state index contributed by atoms with van der Waals surface area (Å²) < 4.78 is 0. The van der Waals surface area contributed by atoms with Crippen molar-refractivity contribution in [2.45, 2.75) is 13.3 Å². The van der Waals surface area contributed by atoms with Crippen LogP contribution in [0, 0.1) is 20.2 Å². The molecule has 0 aliphatic heterocycles. The summed E-state index contributed by atoms with van der Waals surface area (Å²) in [5, 5.41) is 25.2. The summed E-state index contributed by atoms with van der Waals surface area (Å²) in [6.45, 7) is 1.86. The van der Waals surface area contributed by atoms with Crippen molar-refractivity contribution in [3.05, 3.63) is 50.6 Å². The van der Waals surface area contributed by atoms with Crippen molar-refractivity contribution in [2.24, 2.45) is 5.10 Å². The lowest BCUT2D eigenvalue weighted by Gasteiger charge is -2.01. The number of non-ortho nitro benzene ring substituents is 1. The monoisotopic (exact) mass is 264 g/mol. The molecule has 0 bridgehead atoms. The first kappa shape index (κ1) is 14.3. The van der Waals surface area contributed by atoms with Gasteiger partial charge in [0, 0.05) is 18.7 Å². The zero-order chi connectivity index (χ0) is 14.3. The third kappa shape index (κ3) is 4.19. The predicted molar refractivity (Wildman–Crippen MR) is 71.3 cm³/mol. The minimum atomic E-state index is -0.698. The lowest BCUT2D eigenvalue weighted by Crippen LogP contribution is -1.98. The molecule has 1 aromatic rings. The van der Waals surface area contributed by atoms with E-state index in [1.54, 1.807) is 0 Å². The second-order valence-electron chi connectivity index (χ2n) is 3.44. The number of hydrazone groups is 1. The molecular formula is C11H12N4O4. The molecular weight excluding hydrogens is 252 g/mol. The van der Waals surface area contributed by atoms with E-state index in [1.165, 1.54) is 18.3 Å². The van der Waals surface area contributed by atoms with Crippen molar-refractivity contribution < 1.29 is 9.85 Å². The number of benzene rings is 1. The molecule has 1 aromatic carbocycles. The Balaban J connectivity index is 2.91. The Morgan fingerprint density at radius 3 is 2.63 bits per heavy atom. The lowest BCUT2D eigenvalue weighted by atomic mass is 10.2. The highest BCUT2D eigenvalue weighted by Gasteiger charge is 2.18. The second-order valence-corrected chi connectivity index (χ2v) is 3.44. The predicted octanol–water partition coefficient (Wildman–Crippen LogP) is 2.87. The van der Waals surface area contributed by atoms with Crippen molar-refractivity contribution in [1.29, 1.82) is 0 Å². The van der Waals surface area contributed by atoms with Gasteiger partial charge >= 0.3 is 5.69 Å². The van der Waals surface area contributed by atoms with Gasteiger partial charge in [-0.15, -0.1) is 0 Å². The van der Waals surface area contributed by atoms with Gasteiger partial charge in [-0.25, -0.2) is 0 Å². The summed E-state index contributed by atoms with van der Waals surface area (Å²) in [5.41, 5.74) is 1.87. The van der Waals surface area contributed by atoms with Gasteiger partial charge in [-0.2, -0.15) is 5.10 Å². The van der Waals surface area contributed by atoms with Crippen molar-refractivity contribution in [3.8, 4) is 0 Å².